The van der Waals surface area contributed by atoms with E-state index in [1.807, 2.05) is 42.5 Å². The molecule has 23 heavy (non-hydrogen) atoms. The highest BCUT2D eigenvalue weighted by molar-refractivity contribution is 6.31. The van der Waals surface area contributed by atoms with Crippen molar-refractivity contribution in [1.29, 1.82) is 0 Å². The van der Waals surface area contributed by atoms with Crippen molar-refractivity contribution in [3.8, 4) is 11.5 Å². The average Bonchev–Trinajstić information content (AvgIpc) is 2.56. The molecule has 0 aliphatic carbocycles. The molecule has 0 spiro atoms. The Labute approximate surface area is 140 Å². The summed E-state index contributed by atoms with van der Waals surface area (Å²) in [6.07, 6.45) is 0.102. The van der Waals surface area contributed by atoms with Crippen LogP contribution in [0.25, 0.3) is 0 Å². The molecule has 120 valence electrons. The molecular formula is C18H18ClNO3. The smallest absolute Gasteiger partial charge is 0.226 e. The summed E-state index contributed by atoms with van der Waals surface area (Å²) >= 11 is 6.11. The number of hydrogen-bond donors (Lipinski definition) is 0. The molecule has 2 aromatic rings. The normalized spacial score (nSPS) is 16.0. The Morgan fingerprint density at radius 2 is 1.87 bits per heavy atom. The van der Waals surface area contributed by atoms with Gasteiger partial charge in [-0.2, -0.15) is 0 Å². The molecule has 0 N–H and O–H groups in total. The third-order valence-electron chi connectivity index (χ3n) is 3.77. The Morgan fingerprint density at radius 3 is 2.65 bits per heavy atom. The van der Waals surface area contributed by atoms with Crippen molar-refractivity contribution in [2.75, 3.05) is 20.2 Å². The predicted molar refractivity (Wildman–Crippen MR) is 89.1 cm³/mol. The van der Waals surface area contributed by atoms with Crippen LogP contribution in [0.3, 0.4) is 0 Å². The van der Waals surface area contributed by atoms with Crippen LogP contribution in [0.5, 0.6) is 11.5 Å². The van der Waals surface area contributed by atoms with Gasteiger partial charge >= 0.3 is 0 Å². The van der Waals surface area contributed by atoms with E-state index in [9.17, 15) is 4.79 Å². The van der Waals surface area contributed by atoms with Gasteiger partial charge in [0.2, 0.25) is 5.91 Å². The number of carbonyl (C=O) groups excluding carboxylic acids is 1. The summed E-state index contributed by atoms with van der Waals surface area (Å²) in [5.74, 6) is 1.46. The molecule has 0 saturated heterocycles. The lowest BCUT2D eigenvalue weighted by Crippen LogP contribution is -2.42. The highest BCUT2D eigenvalue weighted by atomic mass is 35.5. The summed E-state index contributed by atoms with van der Waals surface area (Å²) in [5.41, 5.74) is 0.831. The van der Waals surface area contributed by atoms with E-state index < -0.39 is 0 Å². The van der Waals surface area contributed by atoms with Gasteiger partial charge in [-0.25, -0.2) is 0 Å². The largest absolute Gasteiger partial charge is 0.486 e. The van der Waals surface area contributed by atoms with Crippen molar-refractivity contribution < 1.29 is 14.3 Å². The standard InChI is InChI=1S/C18H18ClNO3/c1-20(18(21)10-13-6-2-3-7-15(13)19)11-14-12-22-16-8-4-5-9-17(16)23-14/h2-9,14H,10-12H2,1H3/t14-/m0/s1. The Bertz CT molecular complexity index is 704. The molecule has 1 amide bonds. The summed E-state index contributed by atoms with van der Waals surface area (Å²) in [5, 5.41) is 0.612. The fraction of sp³-hybridized carbons (Fsp3) is 0.278. The van der Waals surface area contributed by atoms with Crippen LogP contribution < -0.4 is 9.47 Å². The molecule has 1 heterocycles. The Kier molecular flexibility index (Phi) is 4.72. The minimum absolute atomic E-state index is 0.000517. The summed E-state index contributed by atoms with van der Waals surface area (Å²) in [4.78, 5) is 14.0. The molecule has 0 radical (unpaired) electrons. The molecule has 0 aromatic heterocycles. The molecule has 1 aliphatic rings. The topological polar surface area (TPSA) is 38.8 Å². The second-order valence-electron chi connectivity index (χ2n) is 5.54. The van der Waals surface area contributed by atoms with Gasteiger partial charge in [-0.05, 0) is 23.8 Å². The molecule has 3 rings (SSSR count). The molecule has 0 fully saturated rings. The summed E-state index contributed by atoms with van der Waals surface area (Å²) < 4.78 is 11.6. The van der Waals surface area contributed by atoms with Crippen LogP contribution in [0.15, 0.2) is 48.5 Å². The van der Waals surface area contributed by atoms with Crippen molar-refractivity contribution in [3.63, 3.8) is 0 Å². The number of benzene rings is 2. The van der Waals surface area contributed by atoms with E-state index in [0.717, 1.165) is 17.1 Å². The minimum atomic E-state index is -0.176. The van der Waals surface area contributed by atoms with Crippen molar-refractivity contribution in [3.05, 3.63) is 59.1 Å². The third kappa shape index (κ3) is 3.77. The number of fused-ring (bicyclic) bond motifs is 1. The summed E-state index contributed by atoms with van der Waals surface area (Å²) in [6.45, 7) is 0.901. The first-order valence-corrected chi connectivity index (χ1v) is 7.87. The fourth-order valence-electron chi connectivity index (χ4n) is 2.50. The first kappa shape index (κ1) is 15.7. The van der Waals surface area contributed by atoms with Crippen LogP contribution in [-0.2, 0) is 11.2 Å². The van der Waals surface area contributed by atoms with Crippen molar-refractivity contribution in [1.82, 2.24) is 4.90 Å². The summed E-state index contributed by atoms with van der Waals surface area (Å²) in [7, 11) is 1.77. The van der Waals surface area contributed by atoms with Gasteiger partial charge in [0.15, 0.2) is 17.6 Å². The lowest BCUT2D eigenvalue weighted by Gasteiger charge is -2.29. The number of likely N-dealkylation sites (N-methyl/N-ethyl adjacent to an activating group) is 1. The van der Waals surface area contributed by atoms with Gasteiger partial charge in [0, 0.05) is 12.1 Å². The second-order valence-corrected chi connectivity index (χ2v) is 5.95. The summed E-state index contributed by atoms with van der Waals surface area (Å²) in [6, 6.07) is 14.9. The minimum Gasteiger partial charge on any atom is -0.486 e. The van der Waals surface area contributed by atoms with Crippen LogP contribution in [0.1, 0.15) is 5.56 Å². The van der Waals surface area contributed by atoms with Crippen LogP contribution in [0, 0.1) is 0 Å². The van der Waals surface area contributed by atoms with Gasteiger partial charge in [-0.15, -0.1) is 0 Å². The number of ether oxygens (including phenoxy) is 2. The molecule has 1 atom stereocenters. The zero-order valence-corrected chi connectivity index (χ0v) is 13.6. The maximum absolute atomic E-state index is 12.4. The number of amides is 1. The highest BCUT2D eigenvalue weighted by Gasteiger charge is 2.23. The number of nitrogens with zero attached hydrogens (tertiary/aromatic N) is 1. The number of halogens is 1. The quantitative estimate of drug-likeness (QED) is 0.863. The number of carbonyl (C=O) groups is 1. The first-order valence-electron chi connectivity index (χ1n) is 7.49. The lowest BCUT2D eigenvalue weighted by atomic mass is 10.1. The first-order chi connectivity index (χ1) is 11.1. The monoisotopic (exact) mass is 331 g/mol. The Morgan fingerprint density at radius 1 is 1.17 bits per heavy atom. The van der Waals surface area contributed by atoms with Crippen LogP contribution in [0.2, 0.25) is 5.02 Å². The highest BCUT2D eigenvalue weighted by Crippen LogP contribution is 2.31. The SMILES string of the molecule is CN(C[C@H]1COc2ccccc2O1)C(=O)Cc1ccccc1Cl. The van der Waals surface area contributed by atoms with Gasteiger partial charge in [0.05, 0.1) is 13.0 Å². The van der Waals surface area contributed by atoms with Crippen molar-refractivity contribution in [2.24, 2.45) is 0 Å². The van der Waals surface area contributed by atoms with Gasteiger partial charge in [-0.1, -0.05) is 41.9 Å². The number of hydrogen-bond acceptors (Lipinski definition) is 3. The van der Waals surface area contributed by atoms with Gasteiger partial charge in [-0.3, -0.25) is 4.79 Å². The van der Waals surface area contributed by atoms with Crippen molar-refractivity contribution >= 4 is 17.5 Å². The molecule has 0 bridgehead atoms. The second kappa shape index (κ2) is 6.92. The lowest BCUT2D eigenvalue weighted by molar-refractivity contribution is -0.130. The number of para-hydroxylation sites is 2. The molecule has 0 saturated carbocycles. The average molecular weight is 332 g/mol. The Hall–Kier alpha value is -2.20. The van der Waals surface area contributed by atoms with E-state index in [0.29, 0.717) is 18.2 Å². The van der Waals surface area contributed by atoms with Crippen molar-refractivity contribution in [2.45, 2.75) is 12.5 Å². The van der Waals surface area contributed by atoms with E-state index in [1.165, 1.54) is 0 Å². The molecular weight excluding hydrogens is 314 g/mol. The molecule has 0 unspecified atom stereocenters. The molecule has 2 aromatic carbocycles. The van der Waals surface area contributed by atoms with E-state index >= 15 is 0 Å². The molecule has 4 nitrogen and oxygen atoms in total. The van der Waals surface area contributed by atoms with E-state index in [1.54, 1.807) is 18.0 Å². The maximum Gasteiger partial charge on any atom is 0.226 e. The van der Waals surface area contributed by atoms with Gasteiger partial charge in [0.25, 0.3) is 0 Å². The van der Waals surface area contributed by atoms with Crippen LogP contribution in [-0.4, -0.2) is 37.1 Å². The molecule has 5 heteroatoms. The molecule has 1 aliphatic heterocycles. The predicted octanol–water partition coefficient (Wildman–Crippen LogP) is 3.18. The van der Waals surface area contributed by atoms with E-state index in [4.69, 9.17) is 21.1 Å². The van der Waals surface area contributed by atoms with E-state index in [2.05, 4.69) is 0 Å². The fourth-order valence-corrected chi connectivity index (χ4v) is 2.70. The zero-order chi connectivity index (χ0) is 16.2. The van der Waals surface area contributed by atoms with Gasteiger partial charge < -0.3 is 14.4 Å². The number of rotatable bonds is 4. The zero-order valence-electron chi connectivity index (χ0n) is 12.9. The van der Waals surface area contributed by atoms with Gasteiger partial charge in [0.1, 0.15) is 6.61 Å². The van der Waals surface area contributed by atoms with E-state index in [-0.39, 0.29) is 18.4 Å². The third-order valence-corrected chi connectivity index (χ3v) is 4.14. The van der Waals surface area contributed by atoms with Crippen LogP contribution in [0.4, 0.5) is 0 Å². The Balaban J connectivity index is 1.58. The maximum atomic E-state index is 12.4. The van der Waals surface area contributed by atoms with Crippen LogP contribution >= 0.6 is 11.6 Å².